The van der Waals surface area contributed by atoms with Crippen molar-refractivity contribution in [2.75, 3.05) is 11.0 Å². The van der Waals surface area contributed by atoms with E-state index in [1.165, 1.54) is 4.68 Å². The van der Waals surface area contributed by atoms with Crippen molar-refractivity contribution in [2.45, 2.75) is 6.92 Å². The first kappa shape index (κ1) is 24.0. The standard InChI is InChI=1S/C27H23N5O4S/c1-19-6-10-23(11-7-19)32-27(33)26(25(17-29-32)31-15-14-28-18-31)36-24-12-8-20(9-13-24)21-4-3-5-22(16-21)30-37(2,34)35/h3-18,30H,1-2H3. The summed E-state index contributed by atoms with van der Waals surface area (Å²) in [6.07, 6.45) is 7.56. The quantitative estimate of drug-likeness (QED) is 0.342. The smallest absolute Gasteiger partial charge is 0.316 e. The number of rotatable bonds is 7. The average molecular weight is 514 g/mol. The Hall–Kier alpha value is -4.70. The van der Waals surface area contributed by atoms with Gasteiger partial charge in [0.15, 0.2) is 0 Å². The van der Waals surface area contributed by atoms with Gasteiger partial charge in [-0.25, -0.2) is 13.4 Å². The van der Waals surface area contributed by atoms with Crippen LogP contribution in [0.3, 0.4) is 0 Å². The first-order valence-corrected chi connectivity index (χ1v) is 13.2. The van der Waals surface area contributed by atoms with Crippen molar-refractivity contribution < 1.29 is 13.2 Å². The summed E-state index contributed by atoms with van der Waals surface area (Å²) in [5.74, 6) is 0.551. The maximum atomic E-state index is 13.5. The number of hydrogen-bond acceptors (Lipinski definition) is 6. The van der Waals surface area contributed by atoms with E-state index in [1.54, 1.807) is 59.8 Å². The van der Waals surface area contributed by atoms with E-state index in [1.807, 2.05) is 49.4 Å². The highest BCUT2D eigenvalue weighted by Gasteiger charge is 2.17. The molecule has 10 heteroatoms. The van der Waals surface area contributed by atoms with Gasteiger partial charge >= 0.3 is 5.56 Å². The first-order chi connectivity index (χ1) is 17.8. The number of sulfonamides is 1. The van der Waals surface area contributed by atoms with Crippen LogP contribution in [0.4, 0.5) is 5.69 Å². The Bertz CT molecular complexity index is 1710. The summed E-state index contributed by atoms with van der Waals surface area (Å²) in [5, 5.41) is 4.35. The van der Waals surface area contributed by atoms with E-state index >= 15 is 0 Å². The molecule has 0 fully saturated rings. The van der Waals surface area contributed by atoms with E-state index in [0.717, 1.165) is 22.9 Å². The lowest BCUT2D eigenvalue weighted by atomic mass is 10.1. The maximum absolute atomic E-state index is 13.5. The second-order valence-electron chi connectivity index (χ2n) is 8.46. The number of aromatic nitrogens is 4. The molecule has 9 nitrogen and oxygen atoms in total. The number of aryl methyl sites for hydroxylation is 1. The van der Waals surface area contributed by atoms with E-state index < -0.39 is 15.6 Å². The second-order valence-corrected chi connectivity index (χ2v) is 10.2. The SMILES string of the molecule is Cc1ccc(-n2ncc(-n3ccnc3)c(Oc3ccc(-c4cccc(NS(C)(=O)=O)c4)cc3)c2=O)cc1. The van der Waals surface area contributed by atoms with Gasteiger partial charge in [0.1, 0.15) is 11.4 Å². The molecule has 0 unspecified atom stereocenters. The lowest BCUT2D eigenvalue weighted by molar-refractivity contribution is 0.464. The van der Waals surface area contributed by atoms with E-state index in [0.29, 0.717) is 22.8 Å². The molecule has 37 heavy (non-hydrogen) atoms. The molecular weight excluding hydrogens is 490 g/mol. The highest BCUT2D eigenvalue weighted by molar-refractivity contribution is 7.92. The molecule has 0 bridgehead atoms. The zero-order valence-corrected chi connectivity index (χ0v) is 20.9. The number of hydrogen-bond donors (Lipinski definition) is 1. The molecule has 5 rings (SSSR count). The zero-order chi connectivity index (χ0) is 26.0. The van der Waals surface area contributed by atoms with Crippen LogP contribution in [0, 0.1) is 6.92 Å². The van der Waals surface area contributed by atoms with Crippen molar-refractivity contribution in [3.63, 3.8) is 0 Å². The minimum Gasteiger partial charge on any atom is -0.449 e. The molecule has 5 aromatic rings. The van der Waals surface area contributed by atoms with Gasteiger partial charge in [0, 0.05) is 18.1 Å². The monoisotopic (exact) mass is 513 g/mol. The van der Waals surface area contributed by atoms with Crippen LogP contribution in [0.5, 0.6) is 11.5 Å². The van der Waals surface area contributed by atoms with Crippen LogP contribution in [-0.4, -0.2) is 34.0 Å². The highest BCUT2D eigenvalue weighted by atomic mass is 32.2. The summed E-state index contributed by atoms with van der Waals surface area (Å²) < 4.78 is 34.7. The predicted octanol–water partition coefficient (Wildman–Crippen LogP) is 4.56. The molecule has 0 amide bonds. The van der Waals surface area contributed by atoms with Crippen LogP contribution >= 0.6 is 0 Å². The van der Waals surface area contributed by atoms with Crippen molar-refractivity contribution in [2.24, 2.45) is 0 Å². The summed E-state index contributed by atoms with van der Waals surface area (Å²) in [6.45, 7) is 1.97. The molecule has 2 heterocycles. The Balaban J connectivity index is 1.49. The summed E-state index contributed by atoms with van der Waals surface area (Å²) in [5.41, 5.74) is 3.87. The minimum absolute atomic E-state index is 0.0978. The van der Waals surface area contributed by atoms with E-state index in [2.05, 4.69) is 14.8 Å². The average Bonchev–Trinajstić information content (AvgIpc) is 3.40. The third kappa shape index (κ3) is 5.44. The predicted molar refractivity (Wildman–Crippen MR) is 142 cm³/mol. The largest absolute Gasteiger partial charge is 0.449 e. The molecule has 0 saturated heterocycles. The third-order valence-electron chi connectivity index (χ3n) is 5.55. The Morgan fingerprint density at radius 2 is 1.70 bits per heavy atom. The van der Waals surface area contributed by atoms with Crippen LogP contribution in [0.2, 0.25) is 0 Å². The summed E-state index contributed by atoms with van der Waals surface area (Å²) in [6, 6.07) is 21.7. The lowest BCUT2D eigenvalue weighted by Gasteiger charge is -2.14. The fourth-order valence-electron chi connectivity index (χ4n) is 3.79. The molecule has 186 valence electrons. The van der Waals surface area contributed by atoms with Crippen LogP contribution in [-0.2, 0) is 10.0 Å². The molecule has 3 aromatic carbocycles. The van der Waals surface area contributed by atoms with Crippen molar-refractivity contribution in [3.05, 3.63) is 114 Å². The van der Waals surface area contributed by atoms with Gasteiger partial charge < -0.3 is 9.30 Å². The zero-order valence-electron chi connectivity index (χ0n) is 20.1. The number of nitrogens with one attached hydrogen (secondary N) is 1. The normalized spacial score (nSPS) is 11.3. The Morgan fingerprint density at radius 1 is 0.946 bits per heavy atom. The summed E-state index contributed by atoms with van der Waals surface area (Å²) >= 11 is 0. The number of benzene rings is 3. The van der Waals surface area contributed by atoms with Gasteiger partial charge in [-0.1, -0.05) is 42.0 Å². The molecular formula is C27H23N5O4S. The topological polar surface area (TPSA) is 108 Å². The van der Waals surface area contributed by atoms with Crippen molar-refractivity contribution in [1.29, 1.82) is 0 Å². The fraction of sp³-hybridized carbons (Fsp3) is 0.0741. The molecule has 0 aliphatic heterocycles. The van der Waals surface area contributed by atoms with Crippen molar-refractivity contribution >= 4 is 15.7 Å². The Kier molecular flexibility index (Phi) is 6.33. The Labute approximate surface area is 213 Å². The molecule has 1 N–H and O–H groups in total. The first-order valence-electron chi connectivity index (χ1n) is 11.3. The molecule has 0 aliphatic carbocycles. The molecule has 2 aromatic heterocycles. The van der Waals surface area contributed by atoms with E-state index in [-0.39, 0.29) is 5.75 Å². The molecule has 0 radical (unpaired) electrons. The van der Waals surface area contributed by atoms with Gasteiger partial charge in [0.25, 0.3) is 0 Å². The van der Waals surface area contributed by atoms with Gasteiger partial charge in [0.2, 0.25) is 15.8 Å². The number of ether oxygens (including phenoxy) is 1. The molecule has 0 saturated carbocycles. The van der Waals surface area contributed by atoms with Crippen LogP contribution < -0.4 is 15.0 Å². The van der Waals surface area contributed by atoms with Gasteiger partial charge in [-0.15, -0.1) is 0 Å². The minimum atomic E-state index is -3.38. The molecule has 0 spiro atoms. The van der Waals surface area contributed by atoms with E-state index in [4.69, 9.17) is 4.74 Å². The maximum Gasteiger partial charge on any atom is 0.316 e. The van der Waals surface area contributed by atoms with Gasteiger partial charge in [0.05, 0.1) is 24.5 Å². The lowest BCUT2D eigenvalue weighted by Crippen LogP contribution is -2.23. The number of nitrogens with zero attached hydrogens (tertiary/aromatic N) is 4. The van der Waals surface area contributed by atoms with Gasteiger partial charge in [-0.3, -0.25) is 9.52 Å². The molecule has 0 aliphatic rings. The van der Waals surface area contributed by atoms with Crippen molar-refractivity contribution in [3.8, 4) is 34.0 Å². The van der Waals surface area contributed by atoms with Crippen LogP contribution in [0.25, 0.3) is 22.5 Å². The number of imidazole rings is 1. The fourth-order valence-corrected chi connectivity index (χ4v) is 4.35. The molecule has 0 atom stereocenters. The van der Waals surface area contributed by atoms with Crippen molar-refractivity contribution in [1.82, 2.24) is 19.3 Å². The van der Waals surface area contributed by atoms with Crippen LogP contribution in [0.1, 0.15) is 5.56 Å². The van der Waals surface area contributed by atoms with E-state index in [9.17, 15) is 13.2 Å². The highest BCUT2D eigenvalue weighted by Crippen LogP contribution is 2.29. The second kappa shape index (κ2) is 9.75. The third-order valence-corrected chi connectivity index (χ3v) is 6.16. The summed E-state index contributed by atoms with van der Waals surface area (Å²) in [7, 11) is -3.38. The van der Waals surface area contributed by atoms with Gasteiger partial charge in [-0.2, -0.15) is 9.78 Å². The Morgan fingerprint density at radius 3 is 2.38 bits per heavy atom. The summed E-state index contributed by atoms with van der Waals surface area (Å²) in [4.78, 5) is 17.6. The van der Waals surface area contributed by atoms with Gasteiger partial charge in [-0.05, 0) is 54.4 Å². The van der Waals surface area contributed by atoms with Crippen LogP contribution in [0.15, 0.2) is 103 Å². The number of anilines is 1.